The molecule has 0 bridgehead atoms. The van der Waals surface area contributed by atoms with Crippen LogP contribution in [0.4, 0.5) is 17.1 Å². The van der Waals surface area contributed by atoms with Crippen LogP contribution in [0.2, 0.25) is 0 Å². The van der Waals surface area contributed by atoms with Crippen LogP contribution in [0.15, 0.2) is 168 Å². The minimum Gasteiger partial charge on any atom is -0.454 e. The summed E-state index contributed by atoms with van der Waals surface area (Å²) in [6.45, 7) is 4.70. The van der Waals surface area contributed by atoms with Crippen LogP contribution >= 0.6 is 0 Å². The lowest BCUT2D eigenvalue weighted by Gasteiger charge is -2.29. The zero-order valence-corrected chi connectivity index (χ0v) is 26.4. The molecule has 1 aliphatic rings. The van der Waals surface area contributed by atoms with Gasteiger partial charge in [0.2, 0.25) is 0 Å². The average Bonchev–Trinajstić information content (AvgIpc) is 3.62. The molecule has 1 aliphatic carbocycles. The van der Waals surface area contributed by atoms with Gasteiger partial charge in [-0.1, -0.05) is 147 Å². The molecule has 0 radical (unpaired) electrons. The molecule has 0 aliphatic heterocycles. The number of anilines is 3. The first-order valence-electron chi connectivity index (χ1n) is 16.3. The zero-order valence-electron chi connectivity index (χ0n) is 26.4. The monoisotopic (exact) mass is 603 g/mol. The van der Waals surface area contributed by atoms with Crippen LogP contribution in [0.1, 0.15) is 25.0 Å². The van der Waals surface area contributed by atoms with Gasteiger partial charge in [-0.25, -0.2) is 0 Å². The lowest BCUT2D eigenvalue weighted by molar-refractivity contribution is 0.660. The van der Waals surface area contributed by atoms with E-state index in [2.05, 4.69) is 176 Å². The summed E-state index contributed by atoms with van der Waals surface area (Å²) in [5.74, 6) is 0. The predicted octanol–water partition coefficient (Wildman–Crippen LogP) is 12.7. The van der Waals surface area contributed by atoms with Gasteiger partial charge in [-0.05, 0) is 69.3 Å². The van der Waals surface area contributed by atoms with Crippen LogP contribution < -0.4 is 4.90 Å². The van der Waals surface area contributed by atoms with E-state index in [9.17, 15) is 0 Å². The molecule has 0 saturated heterocycles. The Bertz CT molecular complexity index is 2440. The lowest BCUT2D eigenvalue weighted by Crippen LogP contribution is -2.15. The molecular formula is C45H33NO. The highest BCUT2D eigenvalue weighted by Crippen LogP contribution is 2.54. The third-order valence-corrected chi connectivity index (χ3v) is 9.88. The molecule has 0 unspecified atom stereocenters. The van der Waals surface area contributed by atoms with E-state index in [-0.39, 0.29) is 5.41 Å². The van der Waals surface area contributed by atoms with E-state index in [1.807, 2.05) is 6.07 Å². The minimum atomic E-state index is -0.125. The van der Waals surface area contributed by atoms with E-state index < -0.39 is 0 Å². The first-order chi connectivity index (χ1) is 23.1. The van der Waals surface area contributed by atoms with Crippen molar-refractivity contribution in [2.45, 2.75) is 19.3 Å². The number of fused-ring (bicyclic) bond motifs is 6. The van der Waals surface area contributed by atoms with Crippen molar-refractivity contribution in [3.63, 3.8) is 0 Å². The summed E-state index contributed by atoms with van der Waals surface area (Å²) in [5, 5.41) is 2.23. The Hall–Kier alpha value is -5.86. The molecule has 2 nitrogen and oxygen atoms in total. The molecular weight excluding hydrogens is 571 g/mol. The van der Waals surface area contributed by atoms with Gasteiger partial charge in [-0.2, -0.15) is 0 Å². The van der Waals surface area contributed by atoms with Crippen LogP contribution in [-0.4, -0.2) is 0 Å². The Labute approximate surface area is 275 Å². The molecule has 0 fully saturated rings. The Morgan fingerprint density at radius 2 is 1.09 bits per heavy atom. The van der Waals surface area contributed by atoms with Crippen molar-refractivity contribution >= 4 is 39.0 Å². The van der Waals surface area contributed by atoms with Crippen molar-refractivity contribution in [1.82, 2.24) is 0 Å². The summed E-state index contributed by atoms with van der Waals surface area (Å²) in [6, 6.07) is 58.8. The van der Waals surface area contributed by atoms with Crippen LogP contribution in [0.5, 0.6) is 0 Å². The summed E-state index contributed by atoms with van der Waals surface area (Å²) < 4.78 is 6.67. The van der Waals surface area contributed by atoms with Gasteiger partial charge >= 0.3 is 0 Å². The first-order valence-corrected chi connectivity index (χ1v) is 16.3. The predicted molar refractivity (Wildman–Crippen MR) is 197 cm³/mol. The van der Waals surface area contributed by atoms with Crippen molar-refractivity contribution in [3.8, 4) is 33.4 Å². The third-order valence-electron chi connectivity index (χ3n) is 9.88. The molecule has 2 heteroatoms. The van der Waals surface area contributed by atoms with E-state index in [0.717, 1.165) is 44.6 Å². The molecule has 0 N–H and O–H groups in total. The SMILES string of the molecule is CC1(C)c2ccc(N(c3ccccc3-c3ccccc3)c3cccc4c3oc3ccccc34)cc2-c2c(-c3ccccc3)cccc21. The average molecular weight is 604 g/mol. The van der Waals surface area contributed by atoms with Gasteiger partial charge in [0.05, 0.1) is 11.4 Å². The van der Waals surface area contributed by atoms with Crippen LogP contribution in [0, 0.1) is 0 Å². The molecule has 47 heavy (non-hydrogen) atoms. The molecule has 0 saturated carbocycles. The van der Waals surface area contributed by atoms with Gasteiger partial charge in [0.15, 0.2) is 5.58 Å². The van der Waals surface area contributed by atoms with E-state index in [0.29, 0.717) is 0 Å². The van der Waals surface area contributed by atoms with Crippen molar-refractivity contribution in [1.29, 1.82) is 0 Å². The fourth-order valence-electron chi connectivity index (χ4n) is 7.64. The second kappa shape index (κ2) is 10.6. The van der Waals surface area contributed by atoms with Gasteiger partial charge in [-0.15, -0.1) is 0 Å². The van der Waals surface area contributed by atoms with Crippen molar-refractivity contribution in [2.75, 3.05) is 4.90 Å². The third kappa shape index (κ3) is 4.26. The molecule has 0 spiro atoms. The number of hydrogen-bond donors (Lipinski definition) is 0. The lowest BCUT2D eigenvalue weighted by atomic mass is 9.82. The molecule has 8 aromatic rings. The molecule has 0 amide bonds. The fraction of sp³-hybridized carbons (Fsp3) is 0.0667. The normalized spacial score (nSPS) is 13.1. The zero-order chi connectivity index (χ0) is 31.5. The fourth-order valence-corrected chi connectivity index (χ4v) is 7.64. The van der Waals surface area contributed by atoms with Gasteiger partial charge < -0.3 is 9.32 Å². The number of hydrogen-bond acceptors (Lipinski definition) is 2. The first kappa shape index (κ1) is 27.5. The van der Waals surface area contributed by atoms with Crippen LogP contribution in [-0.2, 0) is 5.41 Å². The summed E-state index contributed by atoms with van der Waals surface area (Å²) in [6.07, 6.45) is 0. The Morgan fingerprint density at radius 3 is 1.89 bits per heavy atom. The van der Waals surface area contributed by atoms with Crippen molar-refractivity contribution in [3.05, 3.63) is 175 Å². The smallest absolute Gasteiger partial charge is 0.159 e. The van der Waals surface area contributed by atoms with Gasteiger partial charge in [0.1, 0.15) is 5.58 Å². The maximum atomic E-state index is 6.67. The Kier molecular flexibility index (Phi) is 6.20. The molecule has 1 heterocycles. The number of benzene rings is 7. The topological polar surface area (TPSA) is 16.4 Å². The van der Waals surface area contributed by atoms with Gasteiger partial charge in [-0.3, -0.25) is 0 Å². The molecule has 224 valence electrons. The van der Waals surface area contributed by atoms with E-state index in [4.69, 9.17) is 4.42 Å². The number of nitrogens with zero attached hydrogens (tertiary/aromatic N) is 1. The Morgan fingerprint density at radius 1 is 0.468 bits per heavy atom. The van der Waals surface area contributed by atoms with Crippen molar-refractivity contribution in [2.24, 2.45) is 0 Å². The van der Waals surface area contributed by atoms with Crippen LogP contribution in [0.25, 0.3) is 55.3 Å². The quantitative estimate of drug-likeness (QED) is 0.195. The standard InChI is InChI=1S/C45H33NO/c1-45(2)38-28-27-32(29-37(38)43-34(21-13-23-39(43)45)31-17-7-4-8-18-31)46(40-24-11-9-19-33(40)30-15-5-3-6-16-30)41-25-14-22-36-35-20-10-12-26-42(35)47-44(36)41/h3-29H,1-2H3. The van der Waals surface area contributed by atoms with Crippen molar-refractivity contribution < 1.29 is 4.42 Å². The highest BCUT2D eigenvalue weighted by Gasteiger charge is 2.37. The number of para-hydroxylation sites is 3. The van der Waals surface area contributed by atoms with Gasteiger partial charge in [0.25, 0.3) is 0 Å². The highest BCUT2D eigenvalue weighted by atomic mass is 16.3. The minimum absolute atomic E-state index is 0.125. The molecule has 9 rings (SSSR count). The summed E-state index contributed by atoms with van der Waals surface area (Å²) >= 11 is 0. The van der Waals surface area contributed by atoms with E-state index in [1.54, 1.807) is 0 Å². The molecule has 7 aromatic carbocycles. The van der Waals surface area contributed by atoms with E-state index >= 15 is 0 Å². The Balaban J connectivity index is 1.34. The van der Waals surface area contributed by atoms with Gasteiger partial charge in [0, 0.05) is 27.4 Å². The largest absolute Gasteiger partial charge is 0.454 e. The number of furan rings is 1. The summed E-state index contributed by atoms with van der Waals surface area (Å²) in [7, 11) is 0. The second-order valence-corrected chi connectivity index (χ2v) is 12.9. The number of rotatable bonds is 5. The highest BCUT2D eigenvalue weighted by molar-refractivity contribution is 6.11. The molecule has 0 atom stereocenters. The maximum absolute atomic E-state index is 6.67. The molecule has 1 aromatic heterocycles. The van der Waals surface area contributed by atoms with Crippen LogP contribution in [0.3, 0.4) is 0 Å². The summed E-state index contributed by atoms with van der Waals surface area (Å²) in [4.78, 5) is 2.39. The second-order valence-electron chi connectivity index (χ2n) is 12.9. The van der Waals surface area contributed by atoms with E-state index in [1.165, 1.54) is 38.9 Å². The maximum Gasteiger partial charge on any atom is 0.159 e. The summed E-state index contributed by atoms with van der Waals surface area (Å²) in [5.41, 5.74) is 15.0.